The van der Waals surface area contributed by atoms with Crippen molar-refractivity contribution in [1.29, 1.82) is 0 Å². The standard InChI is InChI=1S/C13H22O5S/c1-17-12(14)8-13(5-6-13)10-19(15,16)9-11-4-2-3-7-18-11/h11H,2-10H2,1H3. The minimum atomic E-state index is -3.16. The maximum atomic E-state index is 12.2. The van der Waals surface area contributed by atoms with Crippen LogP contribution in [0.5, 0.6) is 0 Å². The molecule has 1 heterocycles. The summed E-state index contributed by atoms with van der Waals surface area (Å²) in [6.45, 7) is 0.660. The van der Waals surface area contributed by atoms with E-state index in [9.17, 15) is 13.2 Å². The first-order chi connectivity index (χ1) is 8.95. The molecule has 0 aromatic heterocycles. The Labute approximate surface area is 114 Å². The highest BCUT2D eigenvalue weighted by Gasteiger charge is 2.48. The quantitative estimate of drug-likeness (QED) is 0.690. The van der Waals surface area contributed by atoms with Crippen molar-refractivity contribution in [2.24, 2.45) is 5.41 Å². The zero-order valence-electron chi connectivity index (χ0n) is 11.4. The Morgan fingerprint density at radius 2 is 2.11 bits per heavy atom. The number of methoxy groups -OCH3 is 1. The van der Waals surface area contributed by atoms with E-state index in [0.29, 0.717) is 6.61 Å². The minimum absolute atomic E-state index is 0.0922. The molecule has 1 aliphatic carbocycles. The van der Waals surface area contributed by atoms with Gasteiger partial charge >= 0.3 is 5.97 Å². The summed E-state index contributed by atoms with van der Waals surface area (Å²) in [6.07, 6.45) is 4.53. The van der Waals surface area contributed by atoms with Gasteiger partial charge < -0.3 is 9.47 Å². The molecule has 1 saturated heterocycles. The Morgan fingerprint density at radius 3 is 2.63 bits per heavy atom. The van der Waals surface area contributed by atoms with Crippen LogP contribution in [0.3, 0.4) is 0 Å². The molecule has 1 aliphatic heterocycles. The lowest BCUT2D eigenvalue weighted by Gasteiger charge is -2.23. The van der Waals surface area contributed by atoms with Gasteiger partial charge in [-0.05, 0) is 37.5 Å². The molecule has 1 atom stereocenters. The second-order valence-corrected chi connectivity index (χ2v) is 7.91. The summed E-state index contributed by atoms with van der Waals surface area (Å²) in [4.78, 5) is 11.3. The molecule has 0 aromatic carbocycles. The van der Waals surface area contributed by atoms with Crippen LogP contribution in [-0.4, -0.2) is 45.7 Å². The summed E-state index contributed by atoms with van der Waals surface area (Å²) in [5, 5.41) is 0. The molecule has 5 nitrogen and oxygen atoms in total. The summed E-state index contributed by atoms with van der Waals surface area (Å²) in [6, 6.07) is 0. The van der Waals surface area contributed by atoms with Gasteiger partial charge in [0.2, 0.25) is 0 Å². The molecule has 0 radical (unpaired) electrons. The number of ether oxygens (including phenoxy) is 2. The third kappa shape index (κ3) is 4.45. The van der Waals surface area contributed by atoms with Crippen LogP contribution in [0, 0.1) is 5.41 Å². The van der Waals surface area contributed by atoms with Crippen LogP contribution in [-0.2, 0) is 24.1 Å². The van der Waals surface area contributed by atoms with Gasteiger partial charge in [0.1, 0.15) is 0 Å². The number of hydrogen-bond acceptors (Lipinski definition) is 5. The van der Waals surface area contributed by atoms with E-state index in [1.165, 1.54) is 7.11 Å². The first kappa shape index (κ1) is 14.8. The van der Waals surface area contributed by atoms with Crippen LogP contribution < -0.4 is 0 Å². The number of esters is 1. The monoisotopic (exact) mass is 290 g/mol. The third-order valence-corrected chi connectivity index (χ3v) is 5.88. The van der Waals surface area contributed by atoms with Gasteiger partial charge in [-0.2, -0.15) is 0 Å². The molecular formula is C13H22O5S. The van der Waals surface area contributed by atoms with Crippen LogP contribution in [0.4, 0.5) is 0 Å². The fourth-order valence-electron chi connectivity index (χ4n) is 2.67. The second kappa shape index (κ2) is 5.79. The van der Waals surface area contributed by atoms with Gasteiger partial charge in [0.15, 0.2) is 9.84 Å². The molecule has 1 saturated carbocycles. The molecule has 110 valence electrons. The zero-order chi connectivity index (χ0) is 13.9. The van der Waals surface area contributed by atoms with Gasteiger partial charge in [-0.25, -0.2) is 8.42 Å². The second-order valence-electron chi connectivity index (χ2n) is 5.80. The summed E-state index contributed by atoms with van der Waals surface area (Å²) in [5.41, 5.74) is -0.361. The molecule has 0 bridgehead atoms. The lowest BCUT2D eigenvalue weighted by molar-refractivity contribution is -0.141. The van der Waals surface area contributed by atoms with Gasteiger partial charge in [-0.1, -0.05) is 0 Å². The highest BCUT2D eigenvalue weighted by atomic mass is 32.2. The number of carbonyl (C=O) groups excluding carboxylic acids is 1. The van der Waals surface area contributed by atoms with Crippen LogP contribution in [0.1, 0.15) is 38.5 Å². The summed E-state index contributed by atoms with van der Waals surface area (Å²) in [5.74, 6) is -0.133. The summed E-state index contributed by atoms with van der Waals surface area (Å²) >= 11 is 0. The van der Waals surface area contributed by atoms with Crippen LogP contribution >= 0.6 is 0 Å². The average Bonchev–Trinajstić information content (AvgIpc) is 3.08. The maximum Gasteiger partial charge on any atom is 0.306 e. The van der Waals surface area contributed by atoms with Gasteiger partial charge in [-0.3, -0.25) is 4.79 Å². The minimum Gasteiger partial charge on any atom is -0.469 e. The van der Waals surface area contributed by atoms with Crippen LogP contribution in [0.25, 0.3) is 0 Å². The van der Waals surface area contributed by atoms with Gasteiger partial charge in [-0.15, -0.1) is 0 Å². The highest BCUT2D eigenvalue weighted by Crippen LogP contribution is 2.50. The molecule has 0 N–H and O–H groups in total. The zero-order valence-corrected chi connectivity index (χ0v) is 12.2. The molecule has 2 fully saturated rings. The first-order valence-corrected chi connectivity index (χ1v) is 8.66. The number of sulfone groups is 1. The van der Waals surface area contributed by atoms with Crippen molar-refractivity contribution >= 4 is 15.8 Å². The van der Waals surface area contributed by atoms with E-state index in [1.54, 1.807) is 0 Å². The van der Waals surface area contributed by atoms with Crippen molar-refractivity contribution in [2.45, 2.75) is 44.6 Å². The van der Waals surface area contributed by atoms with E-state index >= 15 is 0 Å². The van der Waals surface area contributed by atoms with Crippen molar-refractivity contribution in [1.82, 2.24) is 0 Å². The number of hydrogen-bond donors (Lipinski definition) is 0. The Hall–Kier alpha value is -0.620. The summed E-state index contributed by atoms with van der Waals surface area (Å²) in [7, 11) is -1.83. The van der Waals surface area contributed by atoms with E-state index < -0.39 is 9.84 Å². The highest BCUT2D eigenvalue weighted by molar-refractivity contribution is 7.91. The SMILES string of the molecule is COC(=O)CC1(CS(=O)(=O)CC2CCCCO2)CC1. The van der Waals surface area contributed by atoms with Crippen molar-refractivity contribution < 1.29 is 22.7 Å². The van der Waals surface area contributed by atoms with E-state index in [1.807, 2.05) is 0 Å². The molecule has 1 unspecified atom stereocenters. The maximum absolute atomic E-state index is 12.2. The molecule has 2 aliphatic rings. The molecule has 2 rings (SSSR count). The van der Waals surface area contributed by atoms with E-state index in [4.69, 9.17) is 4.74 Å². The normalized spacial score (nSPS) is 25.8. The smallest absolute Gasteiger partial charge is 0.306 e. The molecule has 0 aromatic rings. The predicted molar refractivity (Wildman–Crippen MR) is 70.5 cm³/mol. The van der Waals surface area contributed by atoms with Crippen LogP contribution in [0.2, 0.25) is 0 Å². The van der Waals surface area contributed by atoms with Gasteiger partial charge in [0.05, 0.1) is 31.1 Å². The molecular weight excluding hydrogens is 268 g/mol. The van der Waals surface area contributed by atoms with Gasteiger partial charge in [0.25, 0.3) is 0 Å². The van der Waals surface area contributed by atoms with E-state index in [2.05, 4.69) is 4.74 Å². The lowest BCUT2D eigenvalue weighted by atomic mass is 10.1. The van der Waals surface area contributed by atoms with Crippen molar-refractivity contribution in [2.75, 3.05) is 25.2 Å². The van der Waals surface area contributed by atoms with Gasteiger partial charge in [0, 0.05) is 6.61 Å². The molecule has 6 heteroatoms. The third-order valence-electron chi connectivity index (χ3n) is 3.94. The number of rotatable bonds is 6. The van der Waals surface area contributed by atoms with Crippen molar-refractivity contribution in [3.63, 3.8) is 0 Å². The molecule has 19 heavy (non-hydrogen) atoms. The summed E-state index contributed by atoms with van der Waals surface area (Å²) < 4.78 is 34.5. The Balaban J connectivity index is 1.88. The Kier molecular flexibility index (Phi) is 4.50. The van der Waals surface area contributed by atoms with Crippen LogP contribution in [0.15, 0.2) is 0 Å². The topological polar surface area (TPSA) is 69.7 Å². The van der Waals surface area contributed by atoms with E-state index in [0.717, 1.165) is 32.1 Å². The Morgan fingerprint density at radius 1 is 1.37 bits per heavy atom. The molecule has 0 spiro atoms. The largest absolute Gasteiger partial charge is 0.469 e. The fourth-order valence-corrected chi connectivity index (χ4v) is 4.95. The van der Waals surface area contributed by atoms with Crippen molar-refractivity contribution in [3.8, 4) is 0 Å². The van der Waals surface area contributed by atoms with Crippen molar-refractivity contribution in [3.05, 3.63) is 0 Å². The fraction of sp³-hybridized carbons (Fsp3) is 0.923. The lowest BCUT2D eigenvalue weighted by Crippen LogP contribution is -2.31. The molecule has 0 amide bonds. The number of carbonyl (C=O) groups is 1. The first-order valence-electron chi connectivity index (χ1n) is 6.84. The van der Waals surface area contributed by atoms with E-state index in [-0.39, 0.29) is 35.4 Å². The Bertz CT molecular complexity index is 418. The average molecular weight is 290 g/mol. The predicted octanol–water partition coefficient (Wildman–Crippen LogP) is 1.31.